The standard InChI is InChI=1S/C8H14/c1-4-7-8(5-2)6-3/h7-8H,1,5-6H2,2-3H3. The van der Waals surface area contributed by atoms with Crippen LogP contribution in [0.1, 0.15) is 26.7 Å². The summed E-state index contributed by atoms with van der Waals surface area (Å²) in [4.78, 5) is 0. The Morgan fingerprint density at radius 3 is 2.12 bits per heavy atom. The molecule has 0 fully saturated rings. The zero-order valence-corrected chi connectivity index (χ0v) is 5.78. The Kier molecular flexibility index (Phi) is 4.39. The van der Waals surface area contributed by atoms with Crippen molar-refractivity contribution in [1.82, 2.24) is 0 Å². The molecule has 0 aromatic carbocycles. The summed E-state index contributed by atoms with van der Waals surface area (Å²) in [6.45, 7) is 7.88. The summed E-state index contributed by atoms with van der Waals surface area (Å²) in [5.74, 6) is 0.701. The van der Waals surface area contributed by atoms with Gasteiger partial charge in [-0.25, -0.2) is 0 Å². The summed E-state index contributed by atoms with van der Waals surface area (Å²) in [7, 11) is 0. The summed E-state index contributed by atoms with van der Waals surface area (Å²) < 4.78 is 0. The van der Waals surface area contributed by atoms with Gasteiger partial charge < -0.3 is 0 Å². The summed E-state index contributed by atoms with van der Waals surface area (Å²) in [5, 5.41) is 0. The molecule has 0 rings (SSSR count). The molecular formula is C8H14. The third-order valence-corrected chi connectivity index (χ3v) is 1.40. The Labute approximate surface area is 51.9 Å². The lowest BCUT2D eigenvalue weighted by atomic mass is 10.0. The van der Waals surface area contributed by atoms with E-state index in [1.165, 1.54) is 12.8 Å². The van der Waals surface area contributed by atoms with E-state index >= 15 is 0 Å². The molecule has 0 heterocycles. The highest BCUT2D eigenvalue weighted by atomic mass is 14.0. The van der Waals surface area contributed by atoms with E-state index in [0.29, 0.717) is 5.92 Å². The van der Waals surface area contributed by atoms with E-state index in [2.05, 4.69) is 26.2 Å². The zero-order chi connectivity index (χ0) is 6.41. The van der Waals surface area contributed by atoms with Crippen molar-refractivity contribution in [2.24, 2.45) is 5.92 Å². The van der Waals surface area contributed by atoms with E-state index in [1.807, 2.05) is 6.08 Å². The Bertz CT molecular complexity index is 82.2. The predicted molar refractivity (Wildman–Crippen MR) is 37.8 cm³/mol. The highest BCUT2D eigenvalue weighted by Gasteiger charge is 1.93. The molecule has 8 heavy (non-hydrogen) atoms. The second-order valence-electron chi connectivity index (χ2n) is 1.95. The van der Waals surface area contributed by atoms with Gasteiger partial charge >= 0.3 is 0 Å². The monoisotopic (exact) mass is 110 g/mol. The molecule has 0 aliphatic carbocycles. The molecule has 0 nitrogen and oxygen atoms in total. The minimum Gasteiger partial charge on any atom is -0.133 e. The molecule has 0 amide bonds. The van der Waals surface area contributed by atoms with Gasteiger partial charge in [-0.05, 0) is 24.8 Å². The van der Waals surface area contributed by atoms with Crippen LogP contribution in [-0.4, -0.2) is 0 Å². The second kappa shape index (κ2) is 4.67. The molecule has 0 unspecified atom stereocenters. The van der Waals surface area contributed by atoms with Gasteiger partial charge in [-0.15, -0.1) is 5.73 Å². The minimum absolute atomic E-state index is 0.701. The summed E-state index contributed by atoms with van der Waals surface area (Å²) >= 11 is 0. The van der Waals surface area contributed by atoms with Crippen LogP contribution in [0.25, 0.3) is 0 Å². The fourth-order valence-electron chi connectivity index (χ4n) is 0.691. The Morgan fingerprint density at radius 2 is 2.00 bits per heavy atom. The summed E-state index contributed by atoms with van der Waals surface area (Å²) in [5.41, 5.74) is 2.79. The summed E-state index contributed by atoms with van der Waals surface area (Å²) in [6.07, 6.45) is 4.46. The Hall–Kier alpha value is -0.480. The normalized spacial score (nSPS) is 8.88. The molecule has 0 saturated heterocycles. The zero-order valence-electron chi connectivity index (χ0n) is 5.78. The average molecular weight is 110 g/mol. The lowest BCUT2D eigenvalue weighted by Crippen LogP contribution is -1.88. The van der Waals surface area contributed by atoms with Gasteiger partial charge in [-0.1, -0.05) is 20.4 Å². The van der Waals surface area contributed by atoms with Crippen molar-refractivity contribution in [3.05, 3.63) is 18.4 Å². The molecule has 0 aliphatic rings. The van der Waals surface area contributed by atoms with Crippen LogP contribution < -0.4 is 0 Å². The average Bonchev–Trinajstić information content (AvgIpc) is 1.83. The van der Waals surface area contributed by atoms with Crippen molar-refractivity contribution in [1.29, 1.82) is 0 Å². The van der Waals surface area contributed by atoms with Gasteiger partial charge in [0.25, 0.3) is 0 Å². The van der Waals surface area contributed by atoms with Crippen LogP contribution in [0.5, 0.6) is 0 Å². The second-order valence-corrected chi connectivity index (χ2v) is 1.95. The molecular weight excluding hydrogens is 96.1 g/mol. The van der Waals surface area contributed by atoms with Gasteiger partial charge in [-0.3, -0.25) is 0 Å². The molecule has 0 saturated carbocycles. The highest BCUT2D eigenvalue weighted by molar-refractivity contribution is 4.82. The molecule has 0 aliphatic heterocycles. The molecule has 0 heteroatoms. The molecule has 0 aromatic heterocycles. The first-order valence-corrected chi connectivity index (χ1v) is 3.21. The van der Waals surface area contributed by atoms with Crippen molar-refractivity contribution >= 4 is 0 Å². The van der Waals surface area contributed by atoms with E-state index in [0.717, 1.165) is 0 Å². The lowest BCUT2D eigenvalue weighted by molar-refractivity contribution is 0.607. The van der Waals surface area contributed by atoms with Gasteiger partial charge in [0, 0.05) is 0 Å². The third-order valence-electron chi connectivity index (χ3n) is 1.40. The quantitative estimate of drug-likeness (QED) is 0.490. The van der Waals surface area contributed by atoms with Gasteiger partial charge in [0.05, 0.1) is 0 Å². The number of allylic oxidation sites excluding steroid dienone is 1. The van der Waals surface area contributed by atoms with Crippen molar-refractivity contribution in [3.63, 3.8) is 0 Å². The van der Waals surface area contributed by atoms with Gasteiger partial charge in [-0.2, -0.15) is 0 Å². The maximum atomic E-state index is 3.52. The van der Waals surface area contributed by atoms with Crippen LogP contribution >= 0.6 is 0 Å². The molecule has 0 atom stereocenters. The molecule has 0 aromatic rings. The van der Waals surface area contributed by atoms with Crippen LogP contribution in [0.3, 0.4) is 0 Å². The minimum atomic E-state index is 0.701. The lowest BCUT2D eigenvalue weighted by Gasteiger charge is -2.01. The Balaban J connectivity index is 3.52. The maximum Gasteiger partial charge on any atom is -0.0163 e. The maximum absolute atomic E-state index is 3.52. The first-order valence-electron chi connectivity index (χ1n) is 3.21. The molecule has 0 radical (unpaired) electrons. The van der Waals surface area contributed by atoms with Crippen molar-refractivity contribution in [2.75, 3.05) is 0 Å². The summed E-state index contributed by atoms with van der Waals surface area (Å²) in [6, 6.07) is 0. The topological polar surface area (TPSA) is 0 Å². The predicted octanol–water partition coefficient (Wildman–Crippen LogP) is 2.76. The van der Waals surface area contributed by atoms with Crippen molar-refractivity contribution < 1.29 is 0 Å². The highest BCUT2D eigenvalue weighted by Crippen LogP contribution is 2.06. The molecule has 0 spiro atoms. The SMILES string of the molecule is C=C=CC(CC)CC. The fraction of sp³-hybridized carbons (Fsp3) is 0.625. The van der Waals surface area contributed by atoms with E-state index < -0.39 is 0 Å². The van der Waals surface area contributed by atoms with Crippen LogP contribution in [0.4, 0.5) is 0 Å². The number of hydrogen-bond acceptors (Lipinski definition) is 0. The van der Waals surface area contributed by atoms with Crippen LogP contribution in [-0.2, 0) is 0 Å². The van der Waals surface area contributed by atoms with E-state index in [1.54, 1.807) is 0 Å². The van der Waals surface area contributed by atoms with Crippen LogP contribution in [0, 0.1) is 5.92 Å². The molecule has 46 valence electrons. The van der Waals surface area contributed by atoms with E-state index in [-0.39, 0.29) is 0 Å². The van der Waals surface area contributed by atoms with E-state index in [4.69, 9.17) is 0 Å². The van der Waals surface area contributed by atoms with Gasteiger partial charge in [0.1, 0.15) is 0 Å². The fourth-order valence-corrected chi connectivity index (χ4v) is 0.691. The van der Waals surface area contributed by atoms with Crippen LogP contribution in [0.2, 0.25) is 0 Å². The smallest absolute Gasteiger partial charge is 0.0163 e. The van der Waals surface area contributed by atoms with Crippen molar-refractivity contribution in [2.45, 2.75) is 26.7 Å². The first-order chi connectivity index (χ1) is 3.85. The first kappa shape index (κ1) is 7.52. The van der Waals surface area contributed by atoms with Gasteiger partial charge in [0.15, 0.2) is 0 Å². The largest absolute Gasteiger partial charge is 0.133 e. The Morgan fingerprint density at radius 1 is 1.50 bits per heavy atom. The van der Waals surface area contributed by atoms with Crippen molar-refractivity contribution in [3.8, 4) is 0 Å². The number of rotatable bonds is 3. The third kappa shape index (κ3) is 2.65. The van der Waals surface area contributed by atoms with Crippen LogP contribution in [0.15, 0.2) is 18.4 Å². The van der Waals surface area contributed by atoms with E-state index in [9.17, 15) is 0 Å². The number of hydrogen-bond donors (Lipinski definition) is 0. The van der Waals surface area contributed by atoms with Gasteiger partial charge in [0.2, 0.25) is 0 Å². The molecule has 0 N–H and O–H groups in total. The molecule has 0 bridgehead atoms.